The van der Waals surface area contributed by atoms with Crippen molar-refractivity contribution in [2.24, 2.45) is 5.73 Å². The van der Waals surface area contributed by atoms with E-state index < -0.39 is 0 Å². The molecule has 0 saturated carbocycles. The number of amides is 1. The Kier molecular flexibility index (Phi) is 5.15. The third kappa shape index (κ3) is 4.21. The van der Waals surface area contributed by atoms with Gasteiger partial charge in [0.25, 0.3) is 0 Å². The van der Waals surface area contributed by atoms with Gasteiger partial charge in [-0.05, 0) is 44.4 Å². The first-order valence-corrected chi connectivity index (χ1v) is 7.00. The lowest BCUT2D eigenvalue weighted by Gasteiger charge is -2.16. The van der Waals surface area contributed by atoms with Gasteiger partial charge in [0.05, 0.1) is 11.9 Å². The molecular formula is C14H22N4O. The Labute approximate surface area is 114 Å². The maximum absolute atomic E-state index is 11.6. The second kappa shape index (κ2) is 7.09. The Morgan fingerprint density at radius 2 is 2.11 bits per heavy atom. The number of carbonyl (C=O) groups is 1. The fraction of sp³-hybridized carbons (Fsp3) is 0.571. The lowest BCUT2D eigenvalue weighted by Crippen LogP contribution is -2.19. The number of hydrogen-bond acceptors (Lipinski definition) is 4. The topological polar surface area (TPSA) is 71.2 Å². The molecule has 0 radical (unpaired) electrons. The number of carbonyl (C=O) groups excluding carboxylic acids is 1. The highest BCUT2D eigenvalue weighted by atomic mass is 16.1. The van der Waals surface area contributed by atoms with Gasteiger partial charge >= 0.3 is 0 Å². The molecule has 1 aromatic heterocycles. The Hall–Kier alpha value is -1.62. The van der Waals surface area contributed by atoms with Crippen molar-refractivity contribution in [3.05, 3.63) is 18.3 Å². The summed E-state index contributed by atoms with van der Waals surface area (Å²) in [5.74, 6) is 1.03. The summed E-state index contributed by atoms with van der Waals surface area (Å²) in [6, 6.07) is 3.89. The van der Waals surface area contributed by atoms with Gasteiger partial charge in [0.15, 0.2) is 0 Å². The van der Waals surface area contributed by atoms with E-state index in [9.17, 15) is 4.79 Å². The smallest absolute Gasteiger partial charge is 0.224 e. The number of aromatic nitrogens is 1. The zero-order chi connectivity index (χ0) is 13.5. The molecule has 1 fully saturated rings. The number of nitrogens with two attached hydrogens (primary N) is 1. The molecule has 0 atom stereocenters. The predicted octanol–water partition coefficient (Wildman–Crippen LogP) is 1.75. The summed E-state index contributed by atoms with van der Waals surface area (Å²) in [4.78, 5) is 18.3. The predicted molar refractivity (Wildman–Crippen MR) is 77.2 cm³/mol. The van der Waals surface area contributed by atoms with Gasteiger partial charge in [0, 0.05) is 19.5 Å². The minimum atomic E-state index is 0.0316. The second-order valence-corrected chi connectivity index (χ2v) is 4.89. The van der Waals surface area contributed by atoms with Gasteiger partial charge in [-0.2, -0.15) is 0 Å². The van der Waals surface area contributed by atoms with Crippen molar-refractivity contribution < 1.29 is 4.79 Å². The van der Waals surface area contributed by atoms with E-state index in [4.69, 9.17) is 5.73 Å². The summed E-state index contributed by atoms with van der Waals surface area (Å²) in [6.45, 7) is 2.80. The van der Waals surface area contributed by atoms with E-state index in [2.05, 4.69) is 15.2 Å². The molecule has 1 saturated heterocycles. The van der Waals surface area contributed by atoms with Crippen LogP contribution in [0.25, 0.3) is 0 Å². The number of nitrogens with one attached hydrogen (secondary N) is 1. The normalized spacial score (nSPS) is 14.7. The minimum absolute atomic E-state index is 0.0316. The quantitative estimate of drug-likeness (QED) is 0.766. The van der Waals surface area contributed by atoms with Crippen LogP contribution in [-0.4, -0.2) is 30.5 Å². The number of rotatable bonds is 6. The summed E-state index contributed by atoms with van der Waals surface area (Å²) in [7, 11) is 0. The van der Waals surface area contributed by atoms with E-state index in [-0.39, 0.29) is 5.91 Å². The highest BCUT2D eigenvalue weighted by molar-refractivity contribution is 5.90. The summed E-state index contributed by atoms with van der Waals surface area (Å²) >= 11 is 0. The average Bonchev–Trinajstić information content (AvgIpc) is 2.94. The Bertz CT molecular complexity index is 398. The van der Waals surface area contributed by atoms with Gasteiger partial charge in [0.1, 0.15) is 5.82 Å². The van der Waals surface area contributed by atoms with Gasteiger partial charge in [-0.3, -0.25) is 4.79 Å². The standard InChI is InChI=1S/C14H22N4O/c15-8-2-1-5-14(19)17-12-6-7-13(16-11-12)18-9-3-4-10-18/h6-7,11H,1-5,8-10,15H2,(H,17,19). The third-order valence-electron chi connectivity index (χ3n) is 3.32. The van der Waals surface area contributed by atoms with Crippen molar-refractivity contribution >= 4 is 17.4 Å². The molecule has 3 N–H and O–H groups in total. The molecule has 0 aromatic carbocycles. The fourth-order valence-electron chi connectivity index (χ4n) is 2.25. The van der Waals surface area contributed by atoms with Crippen molar-refractivity contribution in [2.75, 3.05) is 29.9 Å². The van der Waals surface area contributed by atoms with Crippen LogP contribution in [0.1, 0.15) is 32.1 Å². The number of nitrogens with zero attached hydrogens (tertiary/aromatic N) is 2. The Balaban J connectivity index is 1.82. The van der Waals surface area contributed by atoms with E-state index in [1.807, 2.05) is 12.1 Å². The first kappa shape index (κ1) is 13.8. The lowest BCUT2D eigenvalue weighted by molar-refractivity contribution is -0.116. The highest BCUT2D eigenvalue weighted by Crippen LogP contribution is 2.19. The van der Waals surface area contributed by atoms with Crippen molar-refractivity contribution in [2.45, 2.75) is 32.1 Å². The SMILES string of the molecule is NCCCCC(=O)Nc1ccc(N2CCCC2)nc1. The van der Waals surface area contributed by atoms with Crippen molar-refractivity contribution in [3.8, 4) is 0 Å². The molecule has 5 nitrogen and oxygen atoms in total. The molecule has 5 heteroatoms. The molecule has 1 aromatic rings. The van der Waals surface area contributed by atoms with E-state index in [0.717, 1.165) is 37.4 Å². The monoisotopic (exact) mass is 262 g/mol. The van der Waals surface area contributed by atoms with Gasteiger partial charge in [0.2, 0.25) is 5.91 Å². The van der Waals surface area contributed by atoms with E-state index in [1.54, 1.807) is 6.20 Å². The van der Waals surface area contributed by atoms with E-state index >= 15 is 0 Å². The van der Waals surface area contributed by atoms with Crippen LogP contribution in [0.2, 0.25) is 0 Å². The Morgan fingerprint density at radius 3 is 2.74 bits per heavy atom. The van der Waals surface area contributed by atoms with Crippen LogP contribution < -0.4 is 16.0 Å². The van der Waals surface area contributed by atoms with Gasteiger partial charge in [-0.15, -0.1) is 0 Å². The second-order valence-electron chi connectivity index (χ2n) is 4.89. The maximum atomic E-state index is 11.6. The number of anilines is 2. The third-order valence-corrected chi connectivity index (χ3v) is 3.32. The highest BCUT2D eigenvalue weighted by Gasteiger charge is 2.13. The zero-order valence-electron chi connectivity index (χ0n) is 11.3. The fourth-order valence-corrected chi connectivity index (χ4v) is 2.25. The number of unbranched alkanes of at least 4 members (excludes halogenated alkanes) is 1. The first-order valence-electron chi connectivity index (χ1n) is 7.00. The van der Waals surface area contributed by atoms with Crippen LogP contribution in [0.4, 0.5) is 11.5 Å². The van der Waals surface area contributed by atoms with Crippen LogP contribution in [0.15, 0.2) is 18.3 Å². The summed E-state index contributed by atoms with van der Waals surface area (Å²) in [6.07, 6.45) is 6.45. The molecule has 0 spiro atoms. The van der Waals surface area contributed by atoms with Crippen LogP contribution in [0.5, 0.6) is 0 Å². The van der Waals surface area contributed by atoms with Gasteiger partial charge in [-0.1, -0.05) is 0 Å². The van der Waals surface area contributed by atoms with Crippen molar-refractivity contribution in [1.82, 2.24) is 4.98 Å². The van der Waals surface area contributed by atoms with E-state index in [0.29, 0.717) is 13.0 Å². The first-order chi connectivity index (χ1) is 9.29. The molecule has 1 aliphatic rings. The summed E-state index contributed by atoms with van der Waals surface area (Å²) in [5, 5.41) is 2.86. The maximum Gasteiger partial charge on any atom is 0.224 e. The molecule has 0 bridgehead atoms. The van der Waals surface area contributed by atoms with Crippen LogP contribution in [0.3, 0.4) is 0 Å². The Morgan fingerprint density at radius 1 is 1.32 bits per heavy atom. The molecule has 2 rings (SSSR count). The van der Waals surface area contributed by atoms with Gasteiger partial charge < -0.3 is 16.0 Å². The van der Waals surface area contributed by atoms with Crippen LogP contribution in [0, 0.1) is 0 Å². The lowest BCUT2D eigenvalue weighted by atomic mass is 10.2. The van der Waals surface area contributed by atoms with Crippen molar-refractivity contribution in [3.63, 3.8) is 0 Å². The minimum Gasteiger partial charge on any atom is -0.357 e. The average molecular weight is 262 g/mol. The molecule has 0 aliphatic carbocycles. The largest absolute Gasteiger partial charge is 0.357 e. The number of pyridine rings is 1. The summed E-state index contributed by atoms with van der Waals surface area (Å²) < 4.78 is 0. The molecule has 1 aliphatic heterocycles. The molecular weight excluding hydrogens is 240 g/mol. The van der Waals surface area contributed by atoms with Crippen LogP contribution >= 0.6 is 0 Å². The molecule has 0 unspecified atom stereocenters. The molecule has 19 heavy (non-hydrogen) atoms. The van der Waals surface area contributed by atoms with Gasteiger partial charge in [-0.25, -0.2) is 4.98 Å². The molecule has 1 amide bonds. The van der Waals surface area contributed by atoms with Crippen molar-refractivity contribution in [1.29, 1.82) is 0 Å². The zero-order valence-corrected chi connectivity index (χ0v) is 11.3. The molecule has 2 heterocycles. The molecule has 104 valence electrons. The number of hydrogen-bond donors (Lipinski definition) is 2. The van der Waals surface area contributed by atoms with Crippen LogP contribution in [-0.2, 0) is 4.79 Å². The van der Waals surface area contributed by atoms with E-state index in [1.165, 1.54) is 12.8 Å². The summed E-state index contributed by atoms with van der Waals surface area (Å²) in [5.41, 5.74) is 6.16.